The Morgan fingerprint density at radius 2 is 2.04 bits per heavy atom. The molecule has 0 spiro atoms. The van der Waals surface area contributed by atoms with E-state index in [2.05, 4.69) is 9.84 Å². The number of carbonyl (C=O) groups excluding carboxylic acids is 1. The van der Waals surface area contributed by atoms with Crippen LogP contribution in [0.2, 0.25) is 5.02 Å². The molecule has 0 saturated heterocycles. The van der Waals surface area contributed by atoms with E-state index in [9.17, 15) is 18.0 Å². The van der Waals surface area contributed by atoms with Crippen molar-refractivity contribution in [1.82, 2.24) is 9.19 Å². The summed E-state index contributed by atoms with van der Waals surface area (Å²) < 4.78 is 47.9. The SMILES string of the molecule is COC(=O)C(F)(F)c1ccc2c(C)nn(Sc3c(F)cccc3Cl)c2c1. The Bertz CT molecular complexity index is 987. The predicted octanol–water partition coefficient (Wildman–Crippen LogP) is 4.96. The highest BCUT2D eigenvalue weighted by Gasteiger charge is 2.42. The van der Waals surface area contributed by atoms with Gasteiger partial charge in [-0.3, -0.25) is 0 Å². The number of carbonyl (C=O) groups is 1. The first kappa shape index (κ1) is 18.6. The first-order valence-electron chi connectivity index (χ1n) is 7.34. The molecule has 1 heterocycles. The molecule has 4 nitrogen and oxygen atoms in total. The van der Waals surface area contributed by atoms with Crippen LogP contribution in [0.1, 0.15) is 11.3 Å². The summed E-state index contributed by atoms with van der Waals surface area (Å²) in [6, 6.07) is 7.92. The zero-order valence-corrected chi connectivity index (χ0v) is 15.2. The number of hydrogen-bond acceptors (Lipinski definition) is 4. The van der Waals surface area contributed by atoms with Gasteiger partial charge in [0.2, 0.25) is 0 Å². The topological polar surface area (TPSA) is 44.1 Å². The average Bonchev–Trinajstić information content (AvgIpc) is 2.93. The molecule has 3 aromatic rings. The van der Waals surface area contributed by atoms with Crippen LogP contribution >= 0.6 is 23.5 Å². The summed E-state index contributed by atoms with van der Waals surface area (Å²) in [5.41, 5.74) is 0.319. The van der Waals surface area contributed by atoms with E-state index in [1.807, 2.05) is 0 Å². The smallest absolute Gasteiger partial charge is 0.381 e. The highest BCUT2D eigenvalue weighted by atomic mass is 35.5. The van der Waals surface area contributed by atoms with Crippen molar-refractivity contribution in [2.24, 2.45) is 0 Å². The molecule has 0 N–H and O–H groups in total. The number of benzene rings is 2. The first-order valence-corrected chi connectivity index (χ1v) is 8.49. The van der Waals surface area contributed by atoms with Crippen LogP contribution < -0.4 is 0 Å². The minimum Gasteiger partial charge on any atom is -0.464 e. The predicted molar refractivity (Wildman–Crippen MR) is 93.0 cm³/mol. The van der Waals surface area contributed by atoms with Crippen molar-refractivity contribution in [2.75, 3.05) is 7.11 Å². The zero-order chi connectivity index (χ0) is 19.1. The number of hydrogen-bond donors (Lipinski definition) is 0. The van der Waals surface area contributed by atoms with Crippen LogP contribution in [0.4, 0.5) is 13.2 Å². The van der Waals surface area contributed by atoms with Crippen molar-refractivity contribution in [3.63, 3.8) is 0 Å². The van der Waals surface area contributed by atoms with E-state index >= 15 is 0 Å². The molecule has 136 valence electrons. The Balaban J connectivity index is 2.12. The number of alkyl halides is 2. The minimum atomic E-state index is -3.81. The molecule has 0 aliphatic carbocycles. The maximum absolute atomic E-state index is 14.2. The van der Waals surface area contributed by atoms with Gasteiger partial charge in [0.1, 0.15) is 5.82 Å². The molecule has 0 radical (unpaired) electrons. The largest absolute Gasteiger partial charge is 0.464 e. The Kier molecular flexibility index (Phi) is 4.90. The molecule has 0 amide bonds. The number of halogens is 4. The van der Waals surface area contributed by atoms with Crippen molar-refractivity contribution >= 4 is 40.4 Å². The molecule has 9 heteroatoms. The Morgan fingerprint density at radius 3 is 2.69 bits per heavy atom. The molecule has 0 atom stereocenters. The summed E-state index contributed by atoms with van der Waals surface area (Å²) in [5, 5.41) is 5.01. The molecule has 0 fully saturated rings. The van der Waals surface area contributed by atoms with Crippen LogP contribution in [0, 0.1) is 12.7 Å². The van der Waals surface area contributed by atoms with E-state index in [4.69, 9.17) is 11.6 Å². The lowest BCUT2D eigenvalue weighted by Crippen LogP contribution is -2.27. The van der Waals surface area contributed by atoms with Crippen molar-refractivity contribution < 1.29 is 22.7 Å². The Labute approximate surface area is 156 Å². The second-order valence-electron chi connectivity index (χ2n) is 5.40. The minimum absolute atomic E-state index is 0.115. The molecule has 0 aliphatic heterocycles. The number of aryl methyl sites for hydroxylation is 1. The van der Waals surface area contributed by atoms with E-state index in [-0.39, 0.29) is 9.92 Å². The highest BCUT2D eigenvalue weighted by Crippen LogP contribution is 2.36. The second-order valence-corrected chi connectivity index (χ2v) is 6.74. The van der Waals surface area contributed by atoms with E-state index in [1.54, 1.807) is 6.92 Å². The summed E-state index contributed by atoms with van der Waals surface area (Å²) in [6.45, 7) is 1.69. The second kappa shape index (κ2) is 6.85. The molecular weight excluding hydrogens is 389 g/mol. The molecule has 3 rings (SSSR count). The van der Waals surface area contributed by atoms with Crippen LogP contribution in [-0.2, 0) is 15.5 Å². The zero-order valence-electron chi connectivity index (χ0n) is 13.6. The molecule has 0 unspecified atom stereocenters. The van der Waals surface area contributed by atoms with Crippen molar-refractivity contribution in [3.8, 4) is 0 Å². The van der Waals surface area contributed by atoms with E-state index in [1.165, 1.54) is 28.4 Å². The fourth-order valence-electron chi connectivity index (χ4n) is 2.41. The monoisotopic (exact) mass is 400 g/mol. The van der Waals surface area contributed by atoms with Gasteiger partial charge in [-0.25, -0.2) is 13.3 Å². The molecule has 26 heavy (non-hydrogen) atoms. The standard InChI is InChI=1S/C17H12ClF3N2O2S/c1-9-11-7-6-10(17(20,21)16(24)25-2)8-14(11)23(22-9)26-15-12(18)4-3-5-13(15)19/h3-8H,1-2H3. The number of methoxy groups -OCH3 is 1. The van der Waals surface area contributed by atoms with Crippen molar-refractivity contribution in [2.45, 2.75) is 17.7 Å². The lowest BCUT2D eigenvalue weighted by molar-refractivity contribution is -0.170. The lowest BCUT2D eigenvalue weighted by Gasteiger charge is -2.14. The third kappa shape index (κ3) is 3.14. The molecular formula is C17H12ClF3N2O2S. The average molecular weight is 401 g/mol. The third-order valence-corrected chi connectivity index (χ3v) is 5.21. The van der Waals surface area contributed by atoms with E-state index in [0.29, 0.717) is 16.6 Å². The van der Waals surface area contributed by atoms with Gasteiger partial charge in [-0.15, -0.1) is 0 Å². The summed E-state index contributed by atoms with van der Waals surface area (Å²) in [4.78, 5) is 11.5. The number of ether oxygens (including phenoxy) is 1. The van der Waals surface area contributed by atoms with Gasteiger partial charge in [0.05, 0.1) is 28.2 Å². The number of fused-ring (bicyclic) bond motifs is 1. The van der Waals surface area contributed by atoms with Crippen molar-refractivity contribution in [1.29, 1.82) is 0 Å². The van der Waals surface area contributed by atoms with Crippen molar-refractivity contribution in [3.05, 3.63) is 58.5 Å². The van der Waals surface area contributed by atoms with Crippen LogP contribution in [0.5, 0.6) is 0 Å². The summed E-state index contributed by atoms with van der Waals surface area (Å²) in [5.74, 6) is -6.03. The maximum atomic E-state index is 14.2. The first-order chi connectivity index (χ1) is 12.3. The van der Waals surface area contributed by atoms with Crippen LogP contribution in [-0.4, -0.2) is 22.3 Å². The van der Waals surface area contributed by atoms with Gasteiger partial charge in [0, 0.05) is 22.9 Å². The van der Waals surface area contributed by atoms with Gasteiger partial charge < -0.3 is 4.74 Å². The van der Waals surface area contributed by atoms with E-state index < -0.39 is 23.3 Å². The molecule has 0 bridgehead atoms. The number of rotatable bonds is 4. The number of aromatic nitrogens is 2. The van der Waals surface area contributed by atoms with Gasteiger partial charge in [0.25, 0.3) is 0 Å². The molecule has 2 aromatic carbocycles. The number of esters is 1. The van der Waals surface area contributed by atoms with Crippen LogP contribution in [0.15, 0.2) is 41.3 Å². The molecule has 1 aromatic heterocycles. The lowest BCUT2D eigenvalue weighted by atomic mass is 10.1. The summed E-state index contributed by atoms with van der Waals surface area (Å²) >= 11 is 6.88. The summed E-state index contributed by atoms with van der Waals surface area (Å²) in [7, 11) is 0.888. The fourth-order valence-corrected chi connectivity index (χ4v) is 3.57. The number of nitrogens with zero attached hydrogens (tertiary/aromatic N) is 2. The van der Waals surface area contributed by atoms with Gasteiger partial charge in [-0.2, -0.15) is 13.9 Å². The van der Waals surface area contributed by atoms with Crippen LogP contribution in [0.25, 0.3) is 10.9 Å². The van der Waals surface area contributed by atoms with Gasteiger partial charge in [-0.05, 0) is 25.1 Å². The molecule has 0 aliphatic rings. The Morgan fingerprint density at radius 1 is 1.31 bits per heavy atom. The summed E-state index contributed by atoms with van der Waals surface area (Å²) in [6.07, 6.45) is 0. The quantitative estimate of drug-likeness (QED) is 0.581. The van der Waals surface area contributed by atoms with Gasteiger partial charge in [0.15, 0.2) is 0 Å². The van der Waals surface area contributed by atoms with Crippen LogP contribution in [0.3, 0.4) is 0 Å². The fraction of sp³-hybridized carbons (Fsp3) is 0.176. The normalized spacial score (nSPS) is 11.8. The third-order valence-electron chi connectivity index (χ3n) is 3.74. The molecule has 0 saturated carbocycles. The van der Waals surface area contributed by atoms with E-state index in [0.717, 1.165) is 31.2 Å². The maximum Gasteiger partial charge on any atom is 0.381 e. The van der Waals surface area contributed by atoms with Gasteiger partial charge >= 0.3 is 11.9 Å². The highest BCUT2D eigenvalue weighted by molar-refractivity contribution is 7.98. The Hall–Kier alpha value is -2.19. The van der Waals surface area contributed by atoms with Gasteiger partial charge in [-0.1, -0.05) is 29.8 Å².